The fraction of sp³-hybridized carbons (Fsp3) is 0.500. The molecule has 0 spiro atoms. The molecule has 0 saturated carbocycles. The summed E-state index contributed by atoms with van der Waals surface area (Å²) in [5.41, 5.74) is 1.11. The molecule has 0 radical (unpaired) electrons. The summed E-state index contributed by atoms with van der Waals surface area (Å²) in [4.78, 5) is 0. The van der Waals surface area contributed by atoms with Crippen molar-refractivity contribution in [1.82, 2.24) is 10.6 Å². The number of nitrogens with one attached hydrogen (secondary N) is 2. The highest BCUT2D eigenvalue weighted by atomic mass is 32.1. The van der Waals surface area contributed by atoms with E-state index in [9.17, 15) is 0 Å². The Morgan fingerprint density at radius 1 is 1.25 bits per heavy atom. The first-order valence-corrected chi connectivity index (χ1v) is 7.24. The summed E-state index contributed by atoms with van der Waals surface area (Å²) in [7, 11) is 0. The van der Waals surface area contributed by atoms with Gasteiger partial charge < -0.3 is 24.8 Å². The molecule has 6 heteroatoms. The van der Waals surface area contributed by atoms with Crippen LogP contribution in [-0.2, 0) is 11.3 Å². The van der Waals surface area contributed by atoms with Crippen molar-refractivity contribution >= 4 is 17.3 Å². The minimum absolute atomic E-state index is 0.292. The largest absolute Gasteiger partial charge is 0.454 e. The molecule has 1 saturated heterocycles. The van der Waals surface area contributed by atoms with E-state index in [-0.39, 0.29) is 0 Å². The van der Waals surface area contributed by atoms with Crippen molar-refractivity contribution in [2.75, 3.05) is 19.9 Å². The first kappa shape index (κ1) is 13.5. The van der Waals surface area contributed by atoms with Gasteiger partial charge in [0.05, 0.1) is 6.10 Å². The van der Waals surface area contributed by atoms with Crippen LogP contribution < -0.4 is 20.1 Å². The zero-order valence-electron chi connectivity index (χ0n) is 11.2. The van der Waals surface area contributed by atoms with Gasteiger partial charge in [-0.3, -0.25) is 0 Å². The molecule has 0 amide bonds. The molecule has 108 valence electrons. The van der Waals surface area contributed by atoms with Gasteiger partial charge in [-0.05, 0) is 42.8 Å². The van der Waals surface area contributed by atoms with E-state index in [0.717, 1.165) is 43.1 Å². The standard InChI is InChI=1S/C14H18N2O3S/c20-14(16-8-11-2-1-5-17-11)15-7-10-3-4-12-13(6-10)19-9-18-12/h3-4,6,11H,1-2,5,7-9H2,(H2,15,16,20)/t11-/m1/s1. The number of thiocarbonyl (C=S) groups is 1. The number of rotatable bonds is 4. The second-order valence-corrected chi connectivity index (χ2v) is 5.29. The second kappa shape index (κ2) is 6.28. The van der Waals surface area contributed by atoms with Crippen molar-refractivity contribution < 1.29 is 14.2 Å². The molecule has 1 atom stereocenters. The average Bonchev–Trinajstić information content (AvgIpc) is 3.13. The minimum Gasteiger partial charge on any atom is -0.454 e. The molecular weight excluding hydrogens is 276 g/mol. The fourth-order valence-electron chi connectivity index (χ4n) is 2.31. The zero-order valence-corrected chi connectivity index (χ0v) is 12.0. The Hall–Kier alpha value is -1.53. The number of hydrogen-bond donors (Lipinski definition) is 2. The van der Waals surface area contributed by atoms with Crippen LogP contribution in [0.3, 0.4) is 0 Å². The first-order chi connectivity index (χ1) is 9.81. The molecule has 0 unspecified atom stereocenters. The van der Waals surface area contributed by atoms with E-state index in [2.05, 4.69) is 10.6 Å². The molecule has 20 heavy (non-hydrogen) atoms. The Balaban J connectivity index is 1.43. The molecule has 1 aromatic carbocycles. The lowest BCUT2D eigenvalue weighted by Gasteiger charge is -2.14. The predicted octanol–water partition coefficient (Wildman–Crippen LogP) is 1.56. The molecule has 0 aromatic heterocycles. The van der Waals surface area contributed by atoms with Gasteiger partial charge in [0.2, 0.25) is 6.79 Å². The van der Waals surface area contributed by atoms with Crippen LogP contribution >= 0.6 is 12.2 Å². The van der Waals surface area contributed by atoms with Gasteiger partial charge in [-0.1, -0.05) is 6.07 Å². The molecule has 0 bridgehead atoms. The molecule has 5 nitrogen and oxygen atoms in total. The normalized spacial score (nSPS) is 19.9. The fourth-order valence-corrected chi connectivity index (χ4v) is 2.46. The smallest absolute Gasteiger partial charge is 0.231 e. The Bertz CT molecular complexity index is 489. The highest BCUT2D eigenvalue weighted by molar-refractivity contribution is 7.80. The Kier molecular flexibility index (Phi) is 4.22. The van der Waals surface area contributed by atoms with Gasteiger partial charge in [0.1, 0.15) is 0 Å². The summed E-state index contributed by atoms with van der Waals surface area (Å²) in [5, 5.41) is 7.02. The molecule has 3 rings (SSSR count). The van der Waals surface area contributed by atoms with E-state index < -0.39 is 0 Å². The van der Waals surface area contributed by atoms with E-state index in [1.54, 1.807) is 0 Å². The van der Waals surface area contributed by atoms with Crippen LogP contribution in [0, 0.1) is 0 Å². The summed E-state index contributed by atoms with van der Waals surface area (Å²) in [5.74, 6) is 1.59. The quantitative estimate of drug-likeness (QED) is 0.822. The number of benzene rings is 1. The van der Waals surface area contributed by atoms with Crippen molar-refractivity contribution in [2.45, 2.75) is 25.5 Å². The lowest BCUT2D eigenvalue weighted by molar-refractivity contribution is 0.114. The average molecular weight is 294 g/mol. The maximum absolute atomic E-state index is 5.54. The van der Waals surface area contributed by atoms with Gasteiger partial charge in [-0.25, -0.2) is 0 Å². The predicted molar refractivity (Wildman–Crippen MR) is 79.0 cm³/mol. The van der Waals surface area contributed by atoms with Crippen LogP contribution in [0.15, 0.2) is 18.2 Å². The van der Waals surface area contributed by atoms with E-state index in [0.29, 0.717) is 24.6 Å². The molecule has 2 aliphatic heterocycles. The monoisotopic (exact) mass is 294 g/mol. The molecule has 1 aromatic rings. The molecule has 1 fully saturated rings. The SMILES string of the molecule is S=C(NCc1ccc2c(c1)OCO2)NC[C@H]1CCCO1. The van der Waals surface area contributed by atoms with Crippen molar-refractivity contribution in [3.05, 3.63) is 23.8 Å². The molecule has 2 aliphatic rings. The second-order valence-electron chi connectivity index (χ2n) is 4.89. The van der Waals surface area contributed by atoms with Crippen LogP contribution in [-0.4, -0.2) is 31.2 Å². The topological polar surface area (TPSA) is 51.8 Å². The van der Waals surface area contributed by atoms with Gasteiger partial charge in [-0.15, -0.1) is 0 Å². The Labute approximate surface area is 123 Å². The minimum atomic E-state index is 0.292. The Morgan fingerprint density at radius 3 is 3.00 bits per heavy atom. The van der Waals surface area contributed by atoms with E-state index in [4.69, 9.17) is 26.4 Å². The van der Waals surface area contributed by atoms with E-state index in [1.807, 2.05) is 18.2 Å². The lowest BCUT2D eigenvalue weighted by Crippen LogP contribution is -2.39. The van der Waals surface area contributed by atoms with Crippen LogP contribution in [0.2, 0.25) is 0 Å². The van der Waals surface area contributed by atoms with Crippen LogP contribution in [0.25, 0.3) is 0 Å². The van der Waals surface area contributed by atoms with Crippen LogP contribution in [0.1, 0.15) is 18.4 Å². The molecule has 2 N–H and O–H groups in total. The summed E-state index contributed by atoms with van der Waals surface area (Å²) >= 11 is 5.25. The highest BCUT2D eigenvalue weighted by Crippen LogP contribution is 2.32. The van der Waals surface area contributed by atoms with Crippen LogP contribution in [0.5, 0.6) is 11.5 Å². The van der Waals surface area contributed by atoms with Crippen molar-refractivity contribution in [3.8, 4) is 11.5 Å². The van der Waals surface area contributed by atoms with Gasteiger partial charge in [-0.2, -0.15) is 0 Å². The van der Waals surface area contributed by atoms with Gasteiger partial charge >= 0.3 is 0 Å². The van der Waals surface area contributed by atoms with Crippen molar-refractivity contribution in [3.63, 3.8) is 0 Å². The zero-order chi connectivity index (χ0) is 13.8. The number of hydrogen-bond acceptors (Lipinski definition) is 4. The van der Waals surface area contributed by atoms with Crippen molar-refractivity contribution in [2.24, 2.45) is 0 Å². The van der Waals surface area contributed by atoms with Crippen molar-refractivity contribution in [1.29, 1.82) is 0 Å². The van der Waals surface area contributed by atoms with Crippen LogP contribution in [0.4, 0.5) is 0 Å². The molecule has 2 heterocycles. The van der Waals surface area contributed by atoms with Gasteiger partial charge in [0.15, 0.2) is 16.6 Å². The number of ether oxygens (including phenoxy) is 3. The van der Waals surface area contributed by atoms with Gasteiger partial charge in [0, 0.05) is 19.7 Å². The molecule has 0 aliphatic carbocycles. The summed E-state index contributed by atoms with van der Waals surface area (Å²) in [6, 6.07) is 5.89. The third kappa shape index (κ3) is 3.32. The lowest BCUT2D eigenvalue weighted by atomic mass is 10.2. The maximum Gasteiger partial charge on any atom is 0.231 e. The summed E-state index contributed by atoms with van der Waals surface area (Å²) in [6.45, 7) is 2.60. The Morgan fingerprint density at radius 2 is 2.15 bits per heavy atom. The summed E-state index contributed by atoms with van der Waals surface area (Å²) < 4.78 is 16.2. The first-order valence-electron chi connectivity index (χ1n) is 6.83. The molecular formula is C14H18N2O3S. The number of fused-ring (bicyclic) bond motifs is 1. The third-order valence-corrected chi connectivity index (χ3v) is 3.69. The van der Waals surface area contributed by atoms with E-state index in [1.165, 1.54) is 0 Å². The third-order valence-electron chi connectivity index (χ3n) is 3.40. The van der Waals surface area contributed by atoms with E-state index >= 15 is 0 Å². The maximum atomic E-state index is 5.54. The highest BCUT2D eigenvalue weighted by Gasteiger charge is 2.15. The van der Waals surface area contributed by atoms with Gasteiger partial charge in [0.25, 0.3) is 0 Å². The summed E-state index contributed by atoms with van der Waals surface area (Å²) in [6.07, 6.45) is 2.54.